The van der Waals surface area contributed by atoms with Crippen molar-refractivity contribution < 1.29 is 0 Å². The Morgan fingerprint density at radius 1 is 1.89 bits per heavy atom. The van der Waals surface area contributed by atoms with E-state index in [9.17, 15) is 4.91 Å². The molecule has 50 valence electrons. The molecule has 2 nitrogen and oxygen atoms in total. The van der Waals surface area contributed by atoms with Crippen molar-refractivity contribution in [2.45, 2.75) is 13.3 Å². The van der Waals surface area contributed by atoms with E-state index in [2.05, 4.69) is 11.8 Å². The van der Waals surface area contributed by atoms with E-state index in [-0.39, 0.29) is 5.16 Å². The molecule has 0 saturated carbocycles. The maximum Gasteiger partial charge on any atom is 0.176 e. The average Bonchev–Trinajstić information content (AvgIpc) is 1.90. The van der Waals surface area contributed by atoms with Gasteiger partial charge in [-0.3, -0.25) is 0 Å². The normalized spacial score (nSPS) is 12.2. The van der Waals surface area contributed by atoms with Crippen molar-refractivity contribution in [1.29, 1.82) is 0 Å². The minimum atomic E-state index is 0.00694. The first kappa shape index (κ1) is 8.37. The number of hydrogen-bond acceptors (Lipinski definition) is 2. The average molecular weight is 146 g/mol. The molecular formula is C6H8ClNO. The van der Waals surface area contributed by atoms with Crippen LogP contribution in [0.4, 0.5) is 0 Å². The van der Waals surface area contributed by atoms with Gasteiger partial charge in [0.25, 0.3) is 0 Å². The molecule has 0 aromatic carbocycles. The highest BCUT2D eigenvalue weighted by molar-refractivity contribution is 6.29. The lowest BCUT2D eigenvalue weighted by Gasteiger charge is -1.92. The lowest BCUT2D eigenvalue weighted by molar-refractivity contribution is 1.13. The summed E-state index contributed by atoms with van der Waals surface area (Å²) in [6.07, 6.45) is 2.22. The third-order valence-electron chi connectivity index (χ3n) is 0.972. The molecule has 0 atom stereocenters. The fraction of sp³-hybridized carbons (Fsp3) is 0.333. The predicted molar refractivity (Wildman–Crippen MR) is 39.2 cm³/mol. The monoisotopic (exact) mass is 145 g/mol. The van der Waals surface area contributed by atoms with Crippen molar-refractivity contribution in [2.24, 2.45) is 5.18 Å². The van der Waals surface area contributed by atoms with Gasteiger partial charge in [-0.05, 0) is 17.2 Å². The second kappa shape index (κ2) is 4.27. The van der Waals surface area contributed by atoms with Crippen LogP contribution in [0.2, 0.25) is 0 Å². The molecule has 3 heteroatoms. The second-order valence-electron chi connectivity index (χ2n) is 1.47. The molecule has 9 heavy (non-hydrogen) atoms. The highest BCUT2D eigenvalue weighted by Gasteiger charge is 1.95. The first-order valence-electron chi connectivity index (χ1n) is 2.60. The molecule has 0 aliphatic rings. The van der Waals surface area contributed by atoms with E-state index in [0.717, 1.165) is 0 Å². The van der Waals surface area contributed by atoms with Gasteiger partial charge in [-0.25, -0.2) is 0 Å². The summed E-state index contributed by atoms with van der Waals surface area (Å²) in [5.74, 6) is 0. The summed E-state index contributed by atoms with van der Waals surface area (Å²) < 4.78 is 0. The number of nitrogens with zero attached hydrogens (tertiary/aromatic N) is 1. The van der Waals surface area contributed by atoms with E-state index >= 15 is 0 Å². The van der Waals surface area contributed by atoms with Gasteiger partial charge in [0, 0.05) is 0 Å². The van der Waals surface area contributed by atoms with Crippen LogP contribution in [0.3, 0.4) is 0 Å². The Kier molecular flexibility index (Phi) is 3.97. The maximum atomic E-state index is 9.78. The molecule has 0 radical (unpaired) electrons. The van der Waals surface area contributed by atoms with Crippen molar-refractivity contribution >= 4 is 11.6 Å². The van der Waals surface area contributed by atoms with E-state index < -0.39 is 0 Å². The quantitative estimate of drug-likeness (QED) is 0.341. The highest BCUT2D eigenvalue weighted by Crippen LogP contribution is 2.13. The van der Waals surface area contributed by atoms with Crippen LogP contribution >= 0.6 is 11.6 Å². The molecule has 0 unspecified atom stereocenters. The summed E-state index contributed by atoms with van der Waals surface area (Å²) in [5, 5.41) is 2.56. The molecule has 0 amide bonds. The van der Waals surface area contributed by atoms with Crippen LogP contribution in [-0.2, 0) is 0 Å². The third kappa shape index (κ3) is 2.42. The molecular weight excluding hydrogens is 138 g/mol. The minimum absolute atomic E-state index is 0.00694. The standard InChI is InChI=1S/C6H8ClNO/c1-3-5(4-2)6(7)8-9/h3H,1,4H2,2H3/b6-5+. The summed E-state index contributed by atoms with van der Waals surface area (Å²) in [6, 6.07) is 0. The largest absolute Gasteiger partial charge is 0.176 e. The van der Waals surface area contributed by atoms with Crippen LogP contribution < -0.4 is 0 Å². The Morgan fingerprint density at radius 3 is 2.56 bits per heavy atom. The summed E-state index contributed by atoms with van der Waals surface area (Å²) in [4.78, 5) is 9.78. The van der Waals surface area contributed by atoms with Gasteiger partial charge in [0.2, 0.25) is 0 Å². The minimum Gasteiger partial charge on any atom is -0.144 e. The van der Waals surface area contributed by atoms with Crippen LogP contribution in [0.25, 0.3) is 0 Å². The Morgan fingerprint density at radius 2 is 2.44 bits per heavy atom. The van der Waals surface area contributed by atoms with Crippen LogP contribution in [0.1, 0.15) is 13.3 Å². The van der Waals surface area contributed by atoms with Crippen LogP contribution in [0, 0.1) is 4.91 Å². The molecule has 0 spiro atoms. The molecule has 0 fully saturated rings. The number of rotatable bonds is 3. The molecule has 0 heterocycles. The Labute approximate surface area is 59.2 Å². The fourth-order valence-corrected chi connectivity index (χ4v) is 0.644. The molecule has 0 aliphatic heterocycles. The van der Waals surface area contributed by atoms with Gasteiger partial charge >= 0.3 is 0 Å². The van der Waals surface area contributed by atoms with Gasteiger partial charge in [-0.1, -0.05) is 31.2 Å². The third-order valence-corrected chi connectivity index (χ3v) is 1.28. The second-order valence-corrected chi connectivity index (χ2v) is 1.82. The highest BCUT2D eigenvalue weighted by atomic mass is 35.5. The Hall–Kier alpha value is -0.630. The van der Waals surface area contributed by atoms with Crippen molar-refractivity contribution in [3.63, 3.8) is 0 Å². The fourth-order valence-electron chi connectivity index (χ4n) is 0.433. The van der Waals surface area contributed by atoms with E-state index in [1.807, 2.05) is 6.92 Å². The zero-order valence-electron chi connectivity index (χ0n) is 5.22. The molecule has 0 rings (SSSR count). The summed E-state index contributed by atoms with van der Waals surface area (Å²) >= 11 is 5.36. The van der Waals surface area contributed by atoms with E-state index in [0.29, 0.717) is 12.0 Å². The topological polar surface area (TPSA) is 29.4 Å². The molecule has 0 aliphatic carbocycles. The lowest BCUT2D eigenvalue weighted by Crippen LogP contribution is -1.75. The summed E-state index contributed by atoms with van der Waals surface area (Å²) in [6.45, 7) is 5.34. The molecule has 0 aromatic rings. The number of allylic oxidation sites excluding steroid dienone is 2. The summed E-state index contributed by atoms with van der Waals surface area (Å²) in [7, 11) is 0. The Balaban J connectivity index is 4.36. The number of halogens is 1. The first-order valence-corrected chi connectivity index (χ1v) is 2.98. The van der Waals surface area contributed by atoms with Crippen LogP contribution in [0.15, 0.2) is 28.6 Å². The van der Waals surface area contributed by atoms with Crippen LogP contribution in [-0.4, -0.2) is 0 Å². The SMILES string of the molecule is C=C/C(CC)=C(/Cl)N=O. The molecule has 0 aromatic heterocycles. The van der Waals surface area contributed by atoms with Crippen molar-refractivity contribution in [3.05, 3.63) is 28.3 Å². The molecule has 0 bridgehead atoms. The zero-order valence-corrected chi connectivity index (χ0v) is 5.98. The first-order chi connectivity index (χ1) is 4.26. The van der Waals surface area contributed by atoms with E-state index in [1.54, 1.807) is 0 Å². The van der Waals surface area contributed by atoms with Crippen molar-refractivity contribution in [1.82, 2.24) is 0 Å². The van der Waals surface area contributed by atoms with Gasteiger partial charge in [-0.2, -0.15) is 0 Å². The van der Waals surface area contributed by atoms with E-state index in [1.165, 1.54) is 6.08 Å². The Bertz CT molecular complexity index is 151. The summed E-state index contributed by atoms with van der Waals surface area (Å²) in [5.41, 5.74) is 0.687. The smallest absolute Gasteiger partial charge is 0.144 e. The van der Waals surface area contributed by atoms with Gasteiger partial charge in [0.05, 0.1) is 0 Å². The number of nitroso groups, excluding NO2 is 1. The van der Waals surface area contributed by atoms with Gasteiger partial charge < -0.3 is 0 Å². The van der Waals surface area contributed by atoms with Crippen molar-refractivity contribution in [3.8, 4) is 0 Å². The molecule has 0 N–H and O–H groups in total. The van der Waals surface area contributed by atoms with Gasteiger partial charge in [0.15, 0.2) is 5.16 Å². The van der Waals surface area contributed by atoms with Crippen molar-refractivity contribution in [2.75, 3.05) is 0 Å². The maximum absolute atomic E-state index is 9.78. The lowest BCUT2D eigenvalue weighted by atomic mass is 10.2. The van der Waals surface area contributed by atoms with Gasteiger partial charge in [-0.15, -0.1) is 4.91 Å². The molecule has 0 saturated heterocycles. The predicted octanol–water partition coefficient (Wildman–Crippen LogP) is 2.80. The number of hydrogen-bond donors (Lipinski definition) is 0. The van der Waals surface area contributed by atoms with Gasteiger partial charge in [0.1, 0.15) is 0 Å². The van der Waals surface area contributed by atoms with E-state index in [4.69, 9.17) is 11.6 Å². The zero-order chi connectivity index (χ0) is 7.28. The van der Waals surface area contributed by atoms with Crippen LogP contribution in [0.5, 0.6) is 0 Å².